The van der Waals surface area contributed by atoms with Crippen molar-refractivity contribution in [1.82, 2.24) is 10.2 Å². The molecule has 0 aromatic heterocycles. The van der Waals surface area contributed by atoms with Crippen LogP contribution in [0.1, 0.15) is 31.4 Å². The van der Waals surface area contributed by atoms with E-state index in [2.05, 4.69) is 5.32 Å². The Labute approximate surface area is 170 Å². The predicted octanol–water partition coefficient (Wildman–Crippen LogP) is 4.48. The lowest BCUT2D eigenvalue weighted by Crippen LogP contribution is -2.49. The van der Waals surface area contributed by atoms with Gasteiger partial charge in [-0.2, -0.15) is 0 Å². The van der Waals surface area contributed by atoms with E-state index in [1.165, 1.54) is 0 Å². The van der Waals surface area contributed by atoms with Crippen LogP contribution in [0.15, 0.2) is 48.5 Å². The molecule has 0 bridgehead atoms. The Kier molecular flexibility index (Phi) is 8.14. The van der Waals surface area contributed by atoms with Crippen LogP contribution in [-0.2, 0) is 22.6 Å². The van der Waals surface area contributed by atoms with Gasteiger partial charge in [-0.3, -0.25) is 9.59 Å². The highest BCUT2D eigenvalue weighted by atomic mass is 35.5. The predicted molar refractivity (Wildman–Crippen MR) is 110 cm³/mol. The first kappa shape index (κ1) is 21.3. The number of nitrogens with one attached hydrogen (secondary N) is 1. The molecule has 1 atom stereocenters. The minimum Gasteiger partial charge on any atom is -0.355 e. The van der Waals surface area contributed by atoms with Crippen molar-refractivity contribution in [2.24, 2.45) is 0 Å². The molecule has 0 heterocycles. The SMILES string of the molecule is CCNC(=O)C(CC)N(Cc1ccccc1)C(=O)Cc1ccc(Cl)cc1Cl. The van der Waals surface area contributed by atoms with E-state index < -0.39 is 6.04 Å². The minimum absolute atomic E-state index is 0.110. The summed E-state index contributed by atoms with van der Waals surface area (Å²) in [5.74, 6) is -0.298. The van der Waals surface area contributed by atoms with Crippen LogP contribution in [0.2, 0.25) is 10.0 Å². The summed E-state index contributed by atoms with van der Waals surface area (Å²) < 4.78 is 0. The zero-order valence-corrected chi connectivity index (χ0v) is 17.1. The van der Waals surface area contributed by atoms with Crippen molar-refractivity contribution in [2.45, 2.75) is 39.3 Å². The fourth-order valence-corrected chi connectivity index (χ4v) is 3.40. The lowest BCUT2D eigenvalue weighted by atomic mass is 10.1. The molecule has 1 unspecified atom stereocenters. The second-order valence-corrected chi connectivity index (χ2v) is 7.08. The second kappa shape index (κ2) is 10.3. The van der Waals surface area contributed by atoms with E-state index in [1.807, 2.05) is 44.2 Å². The van der Waals surface area contributed by atoms with Gasteiger partial charge in [-0.05, 0) is 36.6 Å². The molecule has 2 aromatic rings. The van der Waals surface area contributed by atoms with Crippen molar-refractivity contribution in [3.63, 3.8) is 0 Å². The topological polar surface area (TPSA) is 49.4 Å². The summed E-state index contributed by atoms with van der Waals surface area (Å²) in [7, 11) is 0. The van der Waals surface area contributed by atoms with Crippen LogP contribution < -0.4 is 5.32 Å². The molecular weight excluding hydrogens is 383 g/mol. The molecule has 144 valence electrons. The van der Waals surface area contributed by atoms with Crippen LogP contribution in [0, 0.1) is 0 Å². The van der Waals surface area contributed by atoms with Gasteiger partial charge in [0, 0.05) is 23.1 Å². The molecule has 0 saturated heterocycles. The summed E-state index contributed by atoms with van der Waals surface area (Å²) in [5.41, 5.74) is 1.66. The van der Waals surface area contributed by atoms with E-state index in [-0.39, 0.29) is 18.2 Å². The molecule has 2 rings (SSSR count). The molecule has 0 radical (unpaired) electrons. The summed E-state index contributed by atoms with van der Waals surface area (Å²) >= 11 is 12.2. The number of carbonyl (C=O) groups is 2. The average Bonchev–Trinajstić information content (AvgIpc) is 2.65. The second-order valence-electron chi connectivity index (χ2n) is 6.24. The molecular formula is C21H24Cl2N2O2. The molecule has 1 N–H and O–H groups in total. The lowest BCUT2D eigenvalue weighted by Gasteiger charge is -2.30. The van der Waals surface area contributed by atoms with Crippen molar-refractivity contribution in [3.8, 4) is 0 Å². The number of rotatable bonds is 8. The van der Waals surface area contributed by atoms with Crippen molar-refractivity contribution in [2.75, 3.05) is 6.54 Å². The summed E-state index contributed by atoms with van der Waals surface area (Å²) in [6.07, 6.45) is 0.636. The standard InChI is InChI=1S/C21H24Cl2N2O2/c1-3-19(21(27)24-4-2)25(14-15-8-6-5-7-9-15)20(26)12-16-10-11-17(22)13-18(16)23/h5-11,13,19H,3-4,12,14H2,1-2H3,(H,24,27). The van der Waals surface area contributed by atoms with Crippen LogP contribution in [-0.4, -0.2) is 29.3 Å². The first-order valence-electron chi connectivity index (χ1n) is 9.01. The van der Waals surface area contributed by atoms with Gasteiger partial charge in [0.2, 0.25) is 11.8 Å². The summed E-state index contributed by atoms with van der Waals surface area (Å²) in [6, 6.07) is 14.2. The Hall–Kier alpha value is -2.04. The van der Waals surface area contributed by atoms with E-state index in [0.717, 1.165) is 5.56 Å². The molecule has 0 saturated carbocycles. The van der Waals surface area contributed by atoms with Gasteiger partial charge >= 0.3 is 0 Å². The van der Waals surface area contributed by atoms with E-state index in [1.54, 1.807) is 23.1 Å². The summed E-state index contributed by atoms with van der Waals surface area (Å²) in [4.78, 5) is 27.3. The van der Waals surface area contributed by atoms with E-state index >= 15 is 0 Å². The van der Waals surface area contributed by atoms with Crippen molar-refractivity contribution >= 4 is 35.0 Å². The Morgan fingerprint density at radius 1 is 1.07 bits per heavy atom. The van der Waals surface area contributed by atoms with E-state index in [9.17, 15) is 9.59 Å². The molecule has 0 fully saturated rings. The van der Waals surface area contributed by atoms with Crippen LogP contribution >= 0.6 is 23.2 Å². The maximum atomic E-state index is 13.1. The fourth-order valence-electron chi connectivity index (χ4n) is 2.92. The third kappa shape index (κ3) is 5.98. The van der Waals surface area contributed by atoms with Crippen LogP contribution in [0.5, 0.6) is 0 Å². The highest BCUT2D eigenvalue weighted by molar-refractivity contribution is 6.35. The molecule has 0 aliphatic carbocycles. The van der Waals surface area contributed by atoms with Gasteiger partial charge in [-0.1, -0.05) is 66.5 Å². The number of hydrogen-bond acceptors (Lipinski definition) is 2. The Morgan fingerprint density at radius 2 is 1.78 bits per heavy atom. The molecule has 0 aliphatic heterocycles. The van der Waals surface area contributed by atoms with Gasteiger partial charge in [0.1, 0.15) is 6.04 Å². The number of likely N-dealkylation sites (N-methyl/N-ethyl adjacent to an activating group) is 1. The zero-order chi connectivity index (χ0) is 19.8. The van der Waals surface area contributed by atoms with E-state index in [0.29, 0.717) is 35.1 Å². The third-order valence-electron chi connectivity index (χ3n) is 4.29. The quantitative estimate of drug-likeness (QED) is 0.702. The van der Waals surface area contributed by atoms with Gasteiger partial charge in [0.15, 0.2) is 0 Å². The van der Waals surface area contributed by atoms with Gasteiger partial charge in [0.05, 0.1) is 6.42 Å². The molecule has 0 spiro atoms. The van der Waals surface area contributed by atoms with Crippen LogP contribution in [0.25, 0.3) is 0 Å². The van der Waals surface area contributed by atoms with Gasteiger partial charge in [-0.15, -0.1) is 0 Å². The molecule has 4 nitrogen and oxygen atoms in total. The molecule has 2 aromatic carbocycles. The molecule has 0 aliphatic rings. The van der Waals surface area contributed by atoms with Gasteiger partial charge in [0.25, 0.3) is 0 Å². The largest absolute Gasteiger partial charge is 0.355 e. The van der Waals surface area contributed by atoms with Crippen LogP contribution in [0.3, 0.4) is 0 Å². The fraction of sp³-hybridized carbons (Fsp3) is 0.333. The number of carbonyl (C=O) groups excluding carboxylic acids is 2. The van der Waals surface area contributed by atoms with Crippen molar-refractivity contribution in [3.05, 3.63) is 69.7 Å². The first-order valence-corrected chi connectivity index (χ1v) is 9.76. The molecule has 27 heavy (non-hydrogen) atoms. The number of benzene rings is 2. The number of halogens is 2. The van der Waals surface area contributed by atoms with Gasteiger partial charge in [-0.25, -0.2) is 0 Å². The zero-order valence-electron chi connectivity index (χ0n) is 15.5. The van der Waals surface area contributed by atoms with Crippen LogP contribution in [0.4, 0.5) is 0 Å². The maximum Gasteiger partial charge on any atom is 0.242 e. The lowest BCUT2D eigenvalue weighted by molar-refractivity contribution is -0.140. The van der Waals surface area contributed by atoms with E-state index in [4.69, 9.17) is 23.2 Å². The minimum atomic E-state index is -0.538. The Morgan fingerprint density at radius 3 is 2.37 bits per heavy atom. The smallest absolute Gasteiger partial charge is 0.242 e. The number of hydrogen-bond donors (Lipinski definition) is 1. The third-order valence-corrected chi connectivity index (χ3v) is 4.88. The van der Waals surface area contributed by atoms with Crippen molar-refractivity contribution < 1.29 is 9.59 Å². The molecule has 2 amide bonds. The highest BCUT2D eigenvalue weighted by Gasteiger charge is 2.28. The maximum absolute atomic E-state index is 13.1. The normalized spacial score (nSPS) is 11.7. The summed E-state index contributed by atoms with van der Waals surface area (Å²) in [5, 5.41) is 3.79. The first-order chi connectivity index (χ1) is 13.0. The van der Waals surface area contributed by atoms with Crippen molar-refractivity contribution in [1.29, 1.82) is 0 Å². The Balaban J connectivity index is 2.28. The number of amides is 2. The highest BCUT2D eigenvalue weighted by Crippen LogP contribution is 2.23. The van der Waals surface area contributed by atoms with Gasteiger partial charge < -0.3 is 10.2 Å². The summed E-state index contributed by atoms with van der Waals surface area (Å²) in [6.45, 7) is 4.65. The Bertz CT molecular complexity index is 781. The molecule has 6 heteroatoms. The monoisotopic (exact) mass is 406 g/mol. The number of nitrogens with zero attached hydrogens (tertiary/aromatic N) is 1. The average molecular weight is 407 g/mol.